The predicted octanol–water partition coefficient (Wildman–Crippen LogP) is 3.45. The highest BCUT2D eigenvalue weighted by atomic mass is 35.5. The highest BCUT2D eigenvalue weighted by Gasteiger charge is 2.32. The van der Waals surface area contributed by atoms with Gasteiger partial charge in [-0.15, -0.1) is 0 Å². The van der Waals surface area contributed by atoms with E-state index >= 15 is 0 Å². The quantitative estimate of drug-likeness (QED) is 0.816. The van der Waals surface area contributed by atoms with E-state index in [0.717, 1.165) is 36.5 Å². The van der Waals surface area contributed by atoms with Crippen molar-refractivity contribution in [3.63, 3.8) is 0 Å². The minimum Gasteiger partial charge on any atom is -0.487 e. The van der Waals surface area contributed by atoms with E-state index in [9.17, 15) is 4.79 Å². The lowest BCUT2D eigenvalue weighted by molar-refractivity contribution is -0.129. The maximum Gasteiger partial charge on any atom is 0.225 e. The van der Waals surface area contributed by atoms with Crippen LogP contribution >= 0.6 is 23.2 Å². The zero-order valence-corrected chi connectivity index (χ0v) is 16.3. The summed E-state index contributed by atoms with van der Waals surface area (Å²) in [6.07, 6.45) is 1.73. The Balaban J connectivity index is 1.54. The van der Waals surface area contributed by atoms with Gasteiger partial charge in [0.1, 0.15) is 12.4 Å². The summed E-state index contributed by atoms with van der Waals surface area (Å²) in [4.78, 5) is 18.3. The van der Waals surface area contributed by atoms with Crippen LogP contribution in [0.25, 0.3) is 0 Å². The van der Waals surface area contributed by atoms with Gasteiger partial charge in [0.05, 0.1) is 27.9 Å². The van der Waals surface area contributed by atoms with Crippen LogP contribution < -0.4 is 10.1 Å². The highest BCUT2D eigenvalue weighted by molar-refractivity contribution is 6.42. The number of carbonyl (C=O) groups excluding carboxylic acids is 1. The fraction of sp³-hybridized carbons (Fsp3) is 0.368. The number of hydrogen-bond acceptors (Lipinski definition) is 4. The molecular formula is C19H21Cl2N3O2. The van der Waals surface area contributed by atoms with Gasteiger partial charge in [0.25, 0.3) is 0 Å². The van der Waals surface area contributed by atoms with Gasteiger partial charge in [-0.25, -0.2) is 0 Å². The summed E-state index contributed by atoms with van der Waals surface area (Å²) in [5, 5.41) is 3.74. The van der Waals surface area contributed by atoms with E-state index < -0.39 is 0 Å². The first-order valence-corrected chi connectivity index (χ1v) is 9.18. The molecule has 3 rings (SSSR count). The second-order valence-corrected chi connectivity index (χ2v) is 7.29. The fourth-order valence-electron chi connectivity index (χ4n) is 2.90. The molecule has 1 saturated heterocycles. The average molecular weight is 394 g/mol. The number of hydrogen-bond donors (Lipinski definition) is 1. The van der Waals surface area contributed by atoms with Crippen molar-refractivity contribution in [2.75, 3.05) is 20.1 Å². The number of ether oxygens (including phenoxy) is 1. The van der Waals surface area contributed by atoms with Gasteiger partial charge < -0.3 is 10.1 Å². The minimum absolute atomic E-state index is 0.0918. The van der Waals surface area contributed by atoms with Gasteiger partial charge in [0.15, 0.2) is 0 Å². The Morgan fingerprint density at radius 1 is 1.31 bits per heavy atom. The Morgan fingerprint density at radius 3 is 2.73 bits per heavy atom. The lowest BCUT2D eigenvalue weighted by Crippen LogP contribution is -2.52. The lowest BCUT2D eigenvalue weighted by atomic mass is 9.98. The van der Waals surface area contributed by atoms with Gasteiger partial charge in [-0.05, 0) is 36.2 Å². The van der Waals surface area contributed by atoms with Crippen molar-refractivity contribution in [3.05, 3.63) is 57.3 Å². The van der Waals surface area contributed by atoms with Gasteiger partial charge in [0, 0.05) is 26.7 Å². The van der Waals surface area contributed by atoms with E-state index in [0.29, 0.717) is 22.4 Å². The molecule has 0 aliphatic carbocycles. The Hall–Kier alpha value is -1.82. The predicted molar refractivity (Wildman–Crippen MR) is 103 cm³/mol. The maximum atomic E-state index is 11.5. The van der Waals surface area contributed by atoms with Crippen LogP contribution in [-0.4, -0.2) is 35.9 Å². The van der Waals surface area contributed by atoms with Crippen molar-refractivity contribution in [1.82, 2.24) is 15.2 Å². The number of halogens is 2. The molecule has 0 spiro atoms. The molecule has 0 bridgehead atoms. The molecule has 0 radical (unpaired) electrons. The van der Waals surface area contributed by atoms with Gasteiger partial charge in [-0.3, -0.25) is 14.7 Å². The van der Waals surface area contributed by atoms with Crippen LogP contribution in [-0.2, 0) is 17.9 Å². The molecule has 1 fully saturated rings. The first-order valence-electron chi connectivity index (χ1n) is 8.42. The van der Waals surface area contributed by atoms with Gasteiger partial charge in [0.2, 0.25) is 5.91 Å². The summed E-state index contributed by atoms with van der Waals surface area (Å²) in [6.45, 7) is 4.71. The van der Waals surface area contributed by atoms with E-state index in [2.05, 4.69) is 15.2 Å². The smallest absolute Gasteiger partial charge is 0.225 e. The number of carbonyl (C=O) groups is 1. The Labute approximate surface area is 163 Å². The Morgan fingerprint density at radius 2 is 2.08 bits per heavy atom. The van der Waals surface area contributed by atoms with Crippen molar-refractivity contribution in [2.24, 2.45) is 5.92 Å². The topological polar surface area (TPSA) is 54.5 Å². The third-order valence-corrected chi connectivity index (χ3v) is 5.24. The van der Waals surface area contributed by atoms with E-state index in [4.69, 9.17) is 27.9 Å². The number of nitrogens with one attached hydrogen (secondary N) is 1. The second-order valence-electron chi connectivity index (χ2n) is 6.48. The molecule has 5 nitrogen and oxygen atoms in total. The van der Waals surface area contributed by atoms with Crippen LogP contribution in [0.3, 0.4) is 0 Å². The molecule has 7 heteroatoms. The number of amides is 1. The number of nitrogens with zero attached hydrogens (tertiary/aromatic N) is 2. The molecule has 26 heavy (non-hydrogen) atoms. The van der Waals surface area contributed by atoms with Gasteiger partial charge in [-0.1, -0.05) is 29.3 Å². The van der Waals surface area contributed by atoms with Gasteiger partial charge in [-0.2, -0.15) is 0 Å². The van der Waals surface area contributed by atoms with Crippen molar-refractivity contribution in [3.8, 4) is 5.75 Å². The standard InChI is InChI=1S/C19H21Cl2N3O2/c1-12-5-15(26-11-13-3-4-16(20)17(21)6-13)7-23-18(12)10-24-8-14(9-24)19(25)22-2/h3-7,14H,8-11H2,1-2H3,(H,22,25). The third-order valence-electron chi connectivity index (χ3n) is 4.50. The number of pyridine rings is 1. The number of likely N-dealkylation sites (tertiary alicyclic amines) is 1. The van der Waals surface area contributed by atoms with Crippen molar-refractivity contribution in [2.45, 2.75) is 20.1 Å². The zero-order valence-electron chi connectivity index (χ0n) is 14.8. The van der Waals surface area contributed by atoms with Crippen LogP contribution in [0.15, 0.2) is 30.5 Å². The molecule has 1 aliphatic rings. The van der Waals surface area contributed by atoms with Crippen LogP contribution in [0.1, 0.15) is 16.8 Å². The molecule has 138 valence electrons. The van der Waals surface area contributed by atoms with E-state index in [-0.39, 0.29) is 11.8 Å². The van der Waals surface area contributed by atoms with E-state index in [1.807, 2.05) is 19.1 Å². The maximum absolute atomic E-state index is 11.5. The first-order chi connectivity index (χ1) is 12.5. The van der Waals surface area contributed by atoms with Crippen LogP contribution in [0, 0.1) is 12.8 Å². The normalized spacial score (nSPS) is 14.8. The summed E-state index contributed by atoms with van der Waals surface area (Å²) in [7, 11) is 1.67. The van der Waals surface area contributed by atoms with Crippen LogP contribution in [0.4, 0.5) is 0 Å². The number of rotatable bonds is 6. The molecule has 1 aliphatic heterocycles. The second kappa shape index (κ2) is 8.25. The Kier molecular flexibility index (Phi) is 6.01. The largest absolute Gasteiger partial charge is 0.487 e. The number of aromatic nitrogens is 1. The molecule has 2 aromatic rings. The molecule has 1 aromatic heterocycles. The third kappa shape index (κ3) is 4.47. The first kappa shape index (κ1) is 19.0. The number of benzene rings is 1. The fourth-order valence-corrected chi connectivity index (χ4v) is 3.22. The summed E-state index contributed by atoms with van der Waals surface area (Å²) >= 11 is 11.9. The number of aryl methyl sites for hydroxylation is 1. The molecular weight excluding hydrogens is 373 g/mol. The zero-order chi connectivity index (χ0) is 18.7. The summed E-state index contributed by atoms with van der Waals surface area (Å²) < 4.78 is 5.80. The monoisotopic (exact) mass is 393 g/mol. The lowest BCUT2D eigenvalue weighted by Gasteiger charge is -2.37. The van der Waals surface area contributed by atoms with Crippen molar-refractivity contribution < 1.29 is 9.53 Å². The summed E-state index contributed by atoms with van der Waals surface area (Å²) in [5.74, 6) is 0.912. The SMILES string of the molecule is CNC(=O)C1CN(Cc2ncc(OCc3ccc(Cl)c(Cl)c3)cc2C)C1. The van der Waals surface area contributed by atoms with Crippen molar-refractivity contribution >= 4 is 29.1 Å². The van der Waals surface area contributed by atoms with E-state index in [1.165, 1.54) is 0 Å². The molecule has 1 N–H and O–H groups in total. The molecule has 0 saturated carbocycles. The molecule has 1 aromatic carbocycles. The molecule has 1 amide bonds. The van der Waals surface area contributed by atoms with E-state index in [1.54, 1.807) is 25.4 Å². The molecule has 2 heterocycles. The van der Waals surface area contributed by atoms with Gasteiger partial charge >= 0.3 is 0 Å². The minimum atomic E-state index is 0.0918. The van der Waals surface area contributed by atoms with Crippen LogP contribution in [0.2, 0.25) is 10.0 Å². The summed E-state index contributed by atoms with van der Waals surface area (Å²) in [5.41, 5.74) is 3.02. The summed E-state index contributed by atoms with van der Waals surface area (Å²) in [6, 6.07) is 7.42. The van der Waals surface area contributed by atoms with Crippen molar-refractivity contribution in [1.29, 1.82) is 0 Å². The molecule has 0 unspecified atom stereocenters. The highest BCUT2D eigenvalue weighted by Crippen LogP contribution is 2.24. The molecule has 0 atom stereocenters. The Bertz CT molecular complexity index is 807. The van der Waals surface area contributed by atoms with Crippen LogP contribution in [0.5, 0.6) is 5.75 Å². The average Bonchev–Trinajstić information content (AvgIpc) is 2.59.